The highest BCUT2D eigenvalue weighted by Gasteiger charge is 2.32. The maximum atomic E-state index is 13.6. The molecule has 3 aromatic carbocycles. The van der Waals surface area contributed by atoms with Crippen molar-refractivity contribution >= 4 is 27.7 Å². The van der Waals surface area contributed by atoms with Gasteiger partial charge < -0.3 is 15.0 Å². The molecule has 0 aliphatic carbocycles. The van der Waals surface area contributed by atoms with E-state index in [1.807, 2.05) is 107 Å². The highest BCUT2D eigenvalue weighted by atomic mass is 79.9. The molecule has 0 radical (unpaired) electrons. The fourth-order valence-corrected chi connectivity index (χ4v) is 4.22. The van der Waals surface area contributed by atoms with E-state index in [0.29, 0.717) is 12.2 Å². The molecule has 0 aromatic heterocycles. The van der Waals surface area contributed by atoms with Crippen LogP contribution in [0.25, 0.3) is 0 Å². The Morgan fingerprint density at radius 2 is 1.63 bits per heavy atom. The Hall–Kier alpha value is -3.12. The third-order valence-corrected chi connectivity index (χ3v) is 5.86. The molecule has 0 saturated carbocycles. The molecule has 0 fully saturated rings. The van der Waals surface area contributed by atoms with Crippen molar-refractivity contribution in [1.29, 1.82) is 0 Å². The summed E-state index contributed by atoms with van der Waals surface area (Å²) in [4.78, 5) is 28.8. The van der Waals surface area contributed by atoms with E-state index in [2.05, 4.69) is 21.2 Å². The van der Waals surface area contributed by atoms with Crippen molar-refractivity contribution in [2.75, 3.05) is 6.61 Å². The second-order valence-corrected chi connectivity index (χ2v) is 10.6. The van der Waals surface area contributed by atoms with Gasteiger partial charge in [0.2, 0.25) is 5.91 Å². The highest BCUT2D eigenvalue weighted by Crippen LogP contribution is 2.19. The fraction of sp³-hybridized carbons (Fsp3) is 0.310. The van der Waals surface area contributed by atoms with Crippen LogP contribution in [-0.4, -0.2) is 34.9 Å². The van der Waals surface area contributed by atoms with Gasteiger partial charge in [-0.3, -0.25) is 9.59 Å². The van der Waals surface area contributed by atoms with Crippen molar-refractivity contribution < 1.29 is 14.3 Å². The van der Waals surface area contributed by atoms with Gasteiger partial charge in [-0.05, 0) is 68.7 Å². The maximum absolute atomic E-state index is 13.6. The largest absolute Gasteiger partial charge is 0.484 e. The third kappa shape index (κ3) is 8.55. The maximum Gasteiger partial charge on any atom is 0.261 e. The Balaban J connectivity index is 1.93. The van der Waals surface area contributed by atoms with E-state index in [1.165, 1.54) is 0 Å². The van der Waals surface area contributed by atoms with E-state index in [-0.39, 0.29) is 25.0 Å². The zero-order chi connectivity index (χ0) is 25.4. The second-order valence-electron chi connectivity index (χ2n) is 9.70. The minimum absolute atomic E-state index is 0.161. The first kappa shape index (κ1) is 26.5. The number of ether oxygens (including phenoxy) is 1. The number of halogens is 1. The lowest BCUT2D eigenvalue weighted by Crippen LogP contribution is -2.55. The van der Waals surface area contributed by atoms with E-state index in [4.69, 9.17) is 4.74 Å². The van der Waals surface area contributed by atoms with Crippen molar-refractivity contribution in [2.45, 2.75) is 52.2 Å². The van der Waals surface area contributed by atoms with Gasteiger partial charge in [0.05, 0.1) is 0 Å². The van der Waals surface area contributed by atoms with Crippen molar-refractivity contribution in [1.82, 2.24) is 10.2 Å². The summed E-state index contributed by atoms with van der Waals surface area (Å²) in [6, 6.07) is 24.4. The van der Waals surface area contributed by atoms with Crippen LogP contribution in [0.4, 0.5) is 0 Å². The molecule has 0 heterocycles. The monoisotopic (exact) mass is 536 g/mol. The average Bonchev–Trinajstić information content (AvgIpc) is 2.79. The van der Waals surface area contributed by atoms with Gasteiger partial charge in [-0.25, -0.2) is 0 Å². The molecule has 1 N–H and O–H groups in total. The van der Waals surface area contributed by atoms with Gasteiger partial charge >= 0.3 is 0 Å². The second kappa shape index (κ2) is 12.0. The van der Waals surface area contributed by atoms with Crippen molar-refractivity contribution in [3.8, 4) is 5.75 Å². The molecule has 35 heavy (non-hydrogen) atoms. The molecule has 0 aliphatic rings. The number of hydrogen-bond donors (Lipinski definition) is 1. The van der Waals surface area contributed by atoms with Crippen LogP contribution in [0.15, 0.2) is 83.3 Å². The molecule has 0 unspecified atom stereocenters. The highest BCUT2D eigenvalue weighted by molar-refractivity contribution is 9.10. The van der Waals surface area contributed by atoms with Gasteiger partial charge in [0, 0.05) is 23.0 Å². The lowest BCUT2D eigenvalue weighted by Gasteiger charge is -2.33. The Bertz CT molecular complexity index is 1140. The number of benzene rings is 3. The SMILES string of the molecule is Cc1cccc(OCC(=O)N(Cc2cccc(Br)c2)[C@H](Cc2ccccc2)C(=O)NC(C)(C)C)c1. The van der Waals surface area contributed by atoms with Gasteiger partial charge in [0.15, 0.2) is 6.61 Å². The van der Waals surface area contributed by atoms with Gasteiger partial charge in [0.1, 0.15) is 11.8 Å². The normalized spacial score (nSPS) is 12.0. The number of carbonyl (C=O) groups is 2. The predicted octanol–water partition coefficient (Wildman–Crippen LogP) is 5.69. The number of rotatable bonds is 9. The van der Waals surface area contributed by atoms with Crippen molar-refractivity contribution in [3.05, 3.63) is 100 Å². The Morgan fingerprint density at radius 3 is 2.29 bits per heavy atom. The number of nitrogens with zero attached hydrogens (tertiary/aromatic N) is 1. The molecule has 3 rings (SSSR count). The summed E-state index contributed by atoms with van der Waals surface area (Å²) in [5.41, 5.74) is 2.51. The summed E-state index contributed by atoms with van der Waals surface area (Å²) in [6.45, 7) is 7.90. The summed E-state index contributed by atoms with van der Waals surface area (Å²) in [5, 5.41) is 3.07. The first-order chi connectivity index (χ1) is 16.6. The molecule has 5 nitrogen and oxygen atoms in total. The van der Waals surface area contributed by atoms with E-state index >= 15 is 0 Å². The topological polar surface area (TPSA) is 58.6 Å². The van der Waals surface area contributed by atoms with Crippen LogP contribution in [0.1, 0.15) is 37.5 Å². The van der Waals surface area contributed by atoms with Crippen LogP contribution >= 0.6 is 15.9 Å². The van der Waals surface area contributed by atoms with Crippen LogP contribution < -0.4 is 10.1 Å². The van der Waals surface area contributed by atoms with Gasteiger partial charge in [-0.2, -0.15) is 0 Å². The average molecular weight is 537 g/mol. The molecular weight excluding hydrogens is 504 g/mol. The molecule has 6 heteroatoms. The molecular formula is C29H33BrN2O3. The minimum atomic E-state index is -0.704. The molecule has 2 amide bonds. The number of aryl methyl sites for hydroxylation is 1. The number of carbonyl (C=O) groups excluding carboxylic acids is 2. The molecule has 184 valence electrons. The summed E-state index contributed by atoms with van der Waals surface area (Å²) in [5.74, 6) is 0.177. The van der Waals surface area contributed by atoms with Crippen LogP contribution in [0.2, 0.25) is 0 Å². The van der Waals surface area contributed by atoms with E-state index in [0.717, 1.165) is 21.2 Å². The number of hydrogen-bond acceptors (Lipinski definition) is 3. The zero-order valence-electron chi connectivity index (χ0n) is 20.8. The molecule has 0 spiro atoms. The van der Waals surface area contributed by atoms with Crippen molar-refractivity contribution in [2.24, 2.45) is 0 Å². The van der Waals surface area contributed by atoms with E-state index in [1.54, 1.807) is 4.90 Å². The summed E-state index contributed by atoms with van der Waals surface area (Å²) < 4.78 is 6.75. The van der Waals surface area contributed by atoms with E-state index in [9.17, 15) is 9.59 Å². The van der Waals surface area contributed by atoms with Crippen LogP contribution in [-0.2, 0) is 22.6 Å². The van der Waals surface area contributed by atoms with Crippen LogP contribution in [0.5, 0.6) is 5.75 Å². The number of amides is 2. The first-order valence-electron chi connectivity index (χ1n) is 11.7. The Morgan fingerprint density at radius 1 is 0.943 bits per heavy atom. The zero-order valence-corrected chi connectivity index (χ0v) is 22.3. The van der Waals surface area contributed by atoms with Crippen molar-refractivity contribution in [3.63, 3.8) is 0 Å². The Labute approximate surface area is 216 Å². The fourth-order valence-electron chi connectivity index (χ4n) is 3.77. The predicted molar refractivity (Wildman–Crippen MR) is 143 cm³/mol. The molecule has 1 atom stereocenters. The lowest BCUT2D eigenvalue weighted by atomic mass is 10.0. The summed E-state index contributed by atoms with van der Waals surface area (Å²) >= 11 is 3.51. The summed E-state index contributed by atoms with van der Waals surface area (Å²) in [6.07, 6.45) is 0.396. The third-order valence-electron chi connectivity index (χ3n) is 5.36. The standard InChI is InChI=1S/C29H33BrN2O3/c1-21-10-8-15-25(16-21)35-20-27(33)32(19-23-13-9-14-24(30)17-23)26(28(34)31-29(2,3)4)18-22-11-6-5-7-12-22/h5-17,26H,18-20H2,1-4H3,(H,31,34)/t26-/m1/s1. The van der Waals surface area contributed by atoms with E-state index < -0.39 is 11.6 Å². The molecule has 3 aromatic rings. The van der Waals surface area contributed by atoms with Gasteiger partial charge in [-0.15, -0.1) is 0 Å². The van der Waals surface area contributed by atoms with Crippen LogP contribution in [0, 0.1) is 6.92 Å². The number of nitrogens with one attached hydrogen (secondary N) is 1. The molecule has 0 bridgehead atoms. The Kier molecular flexibility index (Phi) is 9.10. The molecule has 0 saturated heterocycles. The first-order valence-corrected chi connectivity index (χ1v) is 12.5. The van der Waals surface area contributed by atoms with Gasteiger partial charge in [0.25, 0.3) is 5.91 Å². The quantitative estimate of drug-likeness (QED) is 0.382. The summed E-state index contributed by atoms with van der Waals surface area (Å²) in [7, 11) is 0. The van der Waals surface area contributed by atoms with Crippen LogP contribution in [0.3, 0.4) is 0 Å². The smallest absolute Gasteiger partial charge is 0.261 e. The lowest BCUT2D eigenvalue weighted by molar-refractivity contribution is -0.143. The van der Waals surface area contributed by atoms with Gasteiger partial charge in [-0.1, -0.05) is 70.5 Å². The minimum Gasteiger partial charge on any atom is -0.484 e. The molecule has 0 aliphatic heterocycles.